The molecular formula is C21H21N5O2S. The van der Waals surface area contributed by atoms with Crippen molar-refractivity contribution in [3.8, 4) is 5.69 Å². The molecule has 0 bridgehead atoms. The number of thioether (sulfide) groups is 1. The number of carbonyl (C=O) groups excluding carboxylic acids is 2. The standard InChI is InChI=1S/C21H21N5O2S/c1-13-4-7-18(8-5-13)26-21(22-23-24-26)29-14(2)20(28)17-6-9-19-16(12-17)10-11-25(19)15(3)27/h4-9,12,14H,10-11H2,1-3H3. The van der Waals surface area contributed by atoms with Crippen molar-refractivity contribution in [2.45, 2.75) is 37.6 Å². The predicted octanol–water partition coefficient (Wildman–Crippen LogP) is 3.24. The molecule has 2 aromatic carbocycles. The zero-order chi connectivity index (χ0) is 20.5. The van der Waals surface area contributed by atoms with E-state index in [4.69, 9.17) is 0 Å². The average Bonchev–Trinajstić information content (AvgIpc) is 3.34. The highest BCUT2D eigenvalue weighted by Gasteiger charge is 2.25. The molecule has 1 unspecified atom stereocenters. The van der Waals surface area contributed by atoms with Crippen molar-refractivity contribution < 1.29 is 9.59 Å². The van der Waals surface area contributed by atoms with Crippen LogP contribution < -0.4 is 4.90 Å². The molecule has 3 aromatic rings. The van der Waals surface area contributed by atoms with E-state index in [1.54, 1.807) is 22.6 Å². The maximum absolute atomic E-state index is 13.0. The van der Waals surface area contributed by atoms with Crippen LogP contribution >= 0.6 is 11.8 Å². The van der Waals surface area contributed by atoms with Crippen molar-refractivity contribution in [1.29, 1.82) is 0 Å². The van der Waals surface area contributed by atoms with Crippen molar-refractivity contribution in [1.82, 2.24) is 20.2 Å². The quantitative estimate of drug-likeness (QED) is 0.477. The number of fused-ring (bicyclic) bond motifs is 1. The molecule has 0 saturated carbocycles. The maximum Gasteiger partial charge on any atom is 0.223 e. The fourth-order valence-corrected chi connectivity index (χ4v) is 4.31. The Bertz CT molecular complexity index is 1080. The Morgan fingerprint density at radius 1 is 1.14 bits per heavy atom. The number of ketones is 1. The van der Waals surface area contributed by atoms with Gasteiger partial charge in [-0.3, -0.25) is 9.59 Å². The molecule has 1 aliphatic rings. The molecule has 1 aliphatic heterocycles. The SMILES string of the molecule is CC(=O)N1CCc2cc(C(=O)C(C)Sc3nnnn3-c3ccc(C)cc3)ccc21. The summed E-state index contributed by atoms with van der Waals surface area (Å²) in [4.78, 5) is 26.5. The molecule has 29 heavy (non-hydrogen) atoms. The van der Waals surface area contributed by atoms with Gasteiger partial charge in [0.1, 0.15) is 0 Å². The molecule has 7 nitrogen and oxygen atoms in total. The molecule has 1 atom stereocenters. The number of tetrazole rings is 1. The third kappa shape index (κ3) is 3.80. The Kier molecular flexibility index (Phi) is 5.19. The number of hydrogen-bond donors (Lipinski definition) is 0. The van der Waals surface area contributed by atoms with Gasteiger partial charge in [0.25, 0.3) is 0 Å². The van der Waals surface area contributed by atoms with Crippen LogP contribution in [0.2, 0.25) is 0 Å². The Labute approximate surface area is 173 Å². The molecule has 0 radical (unpaired) electrons. The van der Waals surface area contributed by atoms with Crippen molar-refractivity contribution in [3.05, 3.63) is 59.2 Å². The molecular weight excluding hydrogens is 386 g/mol. The van der Waals surface area contributed by atoms with Gasteiger partial charge in [0.2, 0.25) is 11.1 Å². The summed E-state index contributed by atoms with van der Waals surface area (Å²) in [5.41, 5.74) is 4.58. The highest BCUT2D eigenvalue weighted by atomic mass is 32.2. The fraction of sp³-hybridized carbons (Fsp3) is 0.286. The molecule has 0 saturated heterocycles. The van der Waals surface area contributed by atoms with Gasteiger partial charge in [-0.25, -0.2) is 0 Å². The summed E-state index contributed by atoms with van der Waals surface area (Å²) in [5.74, 6) is 0.0345. The van der Waals surface area contributed by atoms with Crippen LogP contribution in [-0.4, -0.2) is 43.7 Å². The summed E-state index contributed by atoms with van der Waals surface area (Å²) in [5, 5.41) is 12.1. The largest absolute Gasteiger partial charge is 0.312 e. The zero-order valence-electron chi connectivity index (χ0n) is 16.5. The van der Waals surface area contributed by atoms with E-state index < -0.39 is 0 Å². The molecule has 0 aliphatic carbocycles. The Hall–Kier alpha value is -3.00. The topological polar surface area (TPSA) is 81.0 Å². The lowest BCUT2D eigenvalue weighted by Crippen LogP contribution is -2.25. The first-order valence-electron chi connectivity index (χ1n) is 9.41. The monoisotopic (exact) mass is 407 g/mol. The van der Waals surface area contributed by atoms with Crippen molar-refractivity contribution in [2.75, 3.05) is 11.4 Å². The molecule has 2 heterocycles. The van der Waals surface area contributed by atoms with E-state index in [9.17, 15) is 9.59 Å². The summed E-state index contributed by atoms with van der Waals surface area (Å²) in [6, 6.07) is 13.4. The minimum Gasteiger partial charge on any atom is -0.312 e. The number of hydrogen-bond acceptors (Lipinski definition) is 6. The van der Waals surface area contributed by atoms with Crippen LogP contribution in [-0.2, 0) is 11.2 Å². The highest BCUT2D eigenvalue weighted by molar-refractivity contribution is 8.00. The van der Waals surface area contributed by atoms with Crippen LogP contribution in [0, 0.1) is 6.92 Å². The number of benzene rings is 2. The predicted molar refractivity (Wildman–Crippen MR) is 112 cm³/mol. The molecule has 1 aromatic heterocycles. The van der Waals surface area contributed by atoms with Crippen LogP contribution in [0.25, 0.3) is 5.69 Å². The first-order valence-corrected chi connectivity index (χ1v) is 10.3. The van der Waals surface area contributed by atoms with Gasteiger partial charge in [-0.2, -0.15) is 4.68 Å². The summed E-state index contributed by atoms with van der Waals surface area (Å²) in [6.45, 7) is 6.10. The summed E-state index contributed by atoms with van der Waals surface area (Å²) in [6.07, 6.45) is 0.767. The third-order valence-corrected chi connectivity index (χ3v) is 6.04. The van der Waals surface area contributed by atoms with Crippen LogP contribution in [0.5, 0.6) is 0 Å². The number of Topliss-reactive ketones (excluding diaryl/α,β-unsaturated/α-hetero) is 1. The molecule has 4 rings (SSSR count). The van der Waals surface area contributed by atoms with Crippen LogP contribution in [0.4, 0.5) is 5.69 Å². The van der Waals surface area contributed by atoms with Gasteiger partial charge in [0.05, 0.1) is 10.9 Å². The minimum atomic E-state index is -0.353. The van der Waals surface area contributed by atoms with Crippen LogP contribution in [0.1, 0.15) is 35.3 Å². The van der Waals surface area contributed by atoms with Crippen LogP contribution in [0.3, 0.4) is 0 Å². The minimum absolute atomic E-state index is 0.0116. The molecule has 0 fully saturated rings. The number of nitrogens with zero attached hydrogens (tertiary/aromatic N) is 5. The first kappa shape index (κ1) is 19.3. The highest BCUT2D eigenvalue weighted by Crippen LogP contribution is 2.31. The molecule has 148 valence electrons. The van der Waals surface area contributed by atoms with Gasteiger partial charge in [-0.05, 0) is 66.6 Å². The first-order chi connectivity index (χ1) is 13.9. The second-order valence-electron chi connectivity index (χ2n) is 7.10. The second-order valence-corrected chi connectivity index (χ2v) is 8.41. The lowest BCUT2D eigenvalue weighted by Gasteiger charge is -2.15. The number of aromatic nitrogens is 4. The van der Waals surface area contributed by atoms with E-state index in [0.717, 1.165) is 28.9 Å². The van der Waals surface area contributed by atoms with E-state index in [0.29, 0.717) is 17.3 Å². The van der Waals surface area contributed by atoms with E-state index in [-0.39, 0.29) is 16.9 Å². The van der Waals surface area contributed by atoms with E-state index in [1.165, 1.54) is 11.8 Å². The lowest BCUT2D eigenvalue weighted by molar-refractivity contribution is -0.116. The fourth-order valence-electron chi connectivity index (χ4n) is 3.43. The van der Waals surface area contributed by atoms with Gasteiger partial charge in [-0.1, -0.05) is 29.5 Å². The lowest BCUT2D eigenvalue weighted by atomic mass is 10.0. The van der Waals surface area contributed by atoms with Crippen molar-refractivity contribution in [2.24, 2.45) is 0 Å². The summed E-state index contributed by atoms with van der Waals surface area (Å²) >= 11 is 1.33. The average molecular weight is 407 g/mol. The number of aryl methyl sites for hydroxylation is 1. The third-order valence-electron chi connectivity index (χ3n) is 5.01. The number of carbonyl (C=O) groups is 2. The smallest absolute Gasteiger partial charge is 0.223 e. The maximum atomic E-state index is 13.0. The van der Waals surface area contributed by atoms with Crippen molar-refractivity contribution >= 4 is 29.1 Å². The van der Waals surface area contributed by atoms with E-state index in [1.807, 2.05) is 50.2 Å². The number of rotatable bonds is 5. The van der Waals surface area contributed by atoms with Crippen LogP contribution in [0.15, 0.2) is 47.6 Å². The Morgan fingerprint density at radius 2 is 1.90 bits per heavy atom. The van der Waals surface area contributed by atoms with E-state index in [2.05, 4.69) is 15.5 Å². The summed E-state index contributed by atoms with van der Waals surface area (Å²) in [7, 11) is 0. The summed E-state index contributed by atoms with van der Waals surface area (Å²) < 4.78 is 1.64. The van der Waals surface area contributed by atoms with Gasteiger partial charge < -0.3 is 4.90 Å². The Balaban J connectivity index is 1.52. The number of anilines is 1. The molecule has 0 spiro atoms. The zero-order valence-corrected chi connectivity index (χ0v) is 17.3. The normalized spacial score (nSPS) is 14.0. The molecule has 1 amide bonds. The van der Waals surface area contributed by atoms with Gasteiger partial charge in [0, 0.05) is 24.7 Å². The van der Waals surface area contributed by atoms with Gasteiger partial charge >= 0.3 is 0 Å². The van der Waals surface area contributed by atoms with Gasteiger partial charge in [-0.15, -0.1) is 5.10 Å². The molecule has 0 N–H and O–H groups in total. The number of amides is 1. The van der Waals surface area contributed by atoms with E-state index >= 15 is 0 Å². The molecule has 8 heteroatoms. The van der Waals surface area contributed by atoms with Crippen molar-refractivity contribution in [3.63, 3.8) is 0 Å². The van der Waals surface area contributed by atoms with Gasteiger partial charge in [0.15, 0.2) is 5.78 Å². The second kappa shape index (κ2) is 7.79. The Morgan fingerprint density at radius 3 is 2.62 bits per heavy atom.